The summed E-state index contributed by atoms with van der Waals surface area (Å²) in [4.78, 5) is 4.81. The first-order valence-corrected chi connectivity index (χ1v) is 7.56. The van der Waals surface area contributed by atoms with Crippen LogP contribution in [0.2, 0.25) is 0 Å². The Hall–Kier alpha value is -1.59. The van der Waals surface area contributed by atoms with Crippen LogP contribution in [0.5, 0.6) is 5.75 Å². The number of nitrogens with one attached hydrogen (secondary N) is 1. The lowest BCUT2D eigenvalue weighted by Crippen LogP contribution is -2.40. The molecule has 1 aromatic heterocycles. The van der Waals surface area contributed by atoms with Crippen LogP contribution in [0.4, 0.5) is 0 Å². The molecule has 3 rings (SSSR count). The summed E-state index contributed by atoms with van der Waals surface area (Å²) >= 11 is 0. The molecule has 2 heterocycles. The Balaban J connectivity index is 1.97. The molecule has 1 atom stereocenters. The second-order valence-corrected chi connectivity index (χ2v) is 5.75. The molecule has 0 radical (unpaired) electrons. The number of morpholine rings is 1. The minimum atomic E-state index is 0.204. The maximum atomic E-state index is 5.82. The standard InChI is InChI=1S/C16H23N3O2/c1-11(2)19-15-5-4-12(20-3)8-14(15)18-16(19)9-13-10-17-6-7-21-13/h4-5,8,11,13,17H,6-7,9-10H2,1-3H3. The van der Waals surface area contributed by atoms with Crippen molar-refractivity contribution in [2.24, 2.45) is 0 Å². The molecular weight excluding hydrogens is 266 g/mol. The SMILES string of the molecule is COc1ccc2c(c1)nc(CC1CNCCO1)n2C(C)C. The van der Waals surface area contributed by atoms with E-state index in [2.05, 4.69) is 29.8 Å². The van der Waals surface area contributed by atoms with Crippen LogP contribution in [0.25, 0.3) is 11.0 Å². The zero-order valence-electron chi connectivity index (χ0n) is 12.9. The fourth-order valence-corrected chi connectivity index (χ4v) is 2.93. The number of hydrogen-bond acceptors (Lipinski definition) is 4. The minimum absolute atomic E-state index is 0.204. The molecule has 1 unspecified atom stereocenters. The summed E-state index contributed by atoms with van der Waals surface area (Å²) in [5.74, 6) is 1.93. The minimum Gasteiger partial charge on any atom is -0.497 e. The number of aromatic nitrogens is 2. The molecule has 0 aliphatic carbocycles. The van der Waals surface area contributed by atoms with Gasteiger partial charge < -0.3 is 19.4 Å². The van der Waals surface area contributed by atoms with Gasteiger partial charge in [-0.05, 0) is 26.0 Å². The van der Waals surface area contributed by atoms with Crippen molar-refractivity contribution < 1.29 is 9.47 Å². The van der Waals surface area contributed by atoms with Crippen molar-refractivity contribution in [1.29, 1.82) is 0 Å². The Morgan fingerprint density at radius 1 is 1.48 bits per heavy atom. The van der Waals surface area contributed by atoms with Crippen LogP contribution in [-0.2, 0) is 11.2 Å². The van der Waals surface area contributed by atoms with Crippen molar-refractivity contribution in [3.05, 3.63) is 24.0 Å². The molecule has 1 aliphatic rings. The van der Waals surface area contributed by atoms with Gasteiger partial charge in [-0.3, -0.25) is 0 Å². The van der Waals surface area contributed by atoms with Gasteiger partial charge in [0.2, 0.25) is 0 Å². The second kappa shape index (κ2) is 6.03. The van der Waals surface area contributed by atoms with E-state index in [1.165, 1.54) is 0 Å². The van der Waals surface area contributed by atoms with Crippen LogP contribution < -0.4 is 10.1 Å². The average molecular weight is 289 g/mol. The van der Waals surface area contributed by atoms with Crippen molar-refractivity contribution >= 4 is 11.0 Å². The van der Waals surface area contributed by atoms with Gasteiger partial charge in [0, 0.05) is 31.6 Å². The highest BCUT2D eigenvalue weighted by molar-refractivity contribution is 5.78. The van der Waals surface area contributed by atoms with Gasteiger partial charge in [-0.2, -0.15) is 0 Å². The van der Waals surface area contributed by atoms with Gasteiger partial charge in [0.15, 0.2) is 0 Å². The summed E-state index contributed by atoms with van der Waals surface area (Å²) in [6.07, 6.45) is 1.04. The maximum absolute atomic E-state index is 5.82. The third-order valence-corrected chi connectivity index (χ3v) is 3.90. The molecule has 5 heteroatoms. The van der Waals surface area contributed by atoms with Crippen LogP contribution >= 0.6 is 0 Å². The molecule has 0 saturated carbocycles. The highest BCUT2D eigenvalue weighted by atomic mass is 16.5. The van der Waals surface area contributed by atoms with Crippen molar-refractivity contribution in [3.8, 4) is 5.75 Å². The van der Waals surface area contributed by atoms with Gasteiger partial charge >= 0.3 is 0 Å². The summed E-state index contributed by atoms with van der Waals surface area (Å²) in [5, 5.41) is 3.37. The maximum Gasteiger partial charge on any atom is 0.121 e. The summed E-state index contributed by atoms with van der Waals surface area (Å²) in [6, 6.07) is 6.45. The number of hydrogen-bond donors (Lipinski definition) is 1. The van der Waals surface area contributed by atoms with E-state index in [-0.39, 0.29) is 6.10 Å². The lowest BCUT2D eigenvalue weighted by atomic mass is 10.2. The van der Waals surface area contributed by atoms with E-state index in [9.17, 15) is 0 Å². The third-order valence-electron chi connectivity index (χ3n) is 3.90. The normalized spacial score (nSPS) is 19.3. The largest absolute Gasteiger partial charge is 0.497 e. The fraction of sp³-hybridized carbons (Fsp3) is 0.562. The Morgan fingerprint density at radius 3 is 3.00 bits per heavy atom. The molecule has 0 bridgehead atoms. The summed E-state index contributed by atoms with van der Waals surface area (Å²) in [5.41, 5.74) is 2.14. The molecule has 2 aromatic rings. The summed E-state index contributed by atoms with van der Waals surface area (Å²) in [6.45, 7) is 6.99. The zero-order valence-corrected chi connectivity index (χ0v) is 12.9. The number of imidazole rings is 1. The topological polar surface area (TPSA) is 48.3 Å². The van der Waals surface area contributed by atoms with Crippen LogP contribution in [0, 0.1) is 0 Å². The Kier molecular flexibility index (Phi) is 4.12. The van der Waals surface area contributed by atoms with Crippen molar-refractivity contribution in [1.82, 2.24) is 14.9 Å². The third kappa shape index (κ3) is 2.89. The molecule has 1 N–H and O–H groups in total. The molecule has 1 saturated heterocycles. The van der Waals surface area contributed by atoms with Gasteiger partial charge in [-0.15, -0.1) is 0 Å². The molecule has 1 aliphatic heterocycles. The van der Waals surface area contributed by atoms with Crippen molar-refractivity contribution in [3.63, 3.8) is 0 Å². The smallest absolute Gasteiger partial charge is 0.121 e. The highest BCUT2D eigenvalue weighted by Crippen LogP contribution is 2.26. The van der Waals surface area contributed by atoms with Crippen molar-refractivity contribution in [2.75, 3.05) is 26.8 Å². The Bertz CT molecular complexity index is 615. The van der Waals surface area contributed by atoms with Gasteiger partial charge in [-0.25, -0.2) is 4.98 Å². The second-order valence-electron chi connectivity index (χ2n) is 5.75. The lowest BCUT2D eigenvalue weighted by molar-refractivity contribution is 0.0275. The molecular formula is C16H23N3O2. The predicted octanol–water partition coefficient (Wildman–Crippen LogP) is 2.16. The summed E-state index contributed by atoms with van der Waals surface area (Å²) < 4.78 is 13.4. The molecule has 0 spiro atoms. The van der Waals surface area contributed by atoms with Gasteiger partial charge in [-0.1, -0.05) is 0 Å². The van der Waals surface area contributed by atoms with Crippen LogP contribution in [0.15, 0.2) is 18.2 Å². The molecule has 0 amide bonds. The fourth-order valence-electron chi connectivity index (χ4n) is 2.93. The molecule has 5 nitrogen and oxygen atoms in total. The Labute approximate surface area is 125 Å². The predicted molar refractivity (Wildman–Crippen MR) is 83.0 cm³/mol. The first-order chi connectivity index (χ1) is 10.2. The number of methoxy groups -OCH3 is 1. The Morgan fingerprint density at radius 2 is 2.33 bits per heavy atom. The van der Waals surface area contributed by atoms with Crippen LogP contribution in [0.3, 0.4) is 0 Å². The molecule has 1 aromatic carbocycles. The monoisotopic (exact) mass is 289 g/mol. The first kappa shape index (κ1) is 14.4. The molecule has 21 heavy (non-hydrogen) atoms. The van der Waals surface area contributed by atoms with Gasteiger partial charge in [0.25, 0.3) is 0 Å². The van der Waals surface area contributed by atoms with E-state index >= 15 is 0 Å². The average Bonchev–Trinajstić information content (AvgIpc) is 2.85. The molecule has 1 fully saturated rings. The van der Waals surface area contributed by atoms with Crippen molar-refractivity contribution in [2.45, 2.75) is 32.4 Å². The van der Waals surface area contributed by atoms with Crippen LogP contribution in [0.1, 0.15) is 25.7 Å². The number of ether oxygens (including phenoxy) is 2. The summed E-state index contributed by atoms with van der Waals surface area (Å²) in [7, 11) is 1.68. The molecule has 114 valence electrons. The highest BCUT2D eigenvalue weighted by Gasteiger charge is 2.20. The quantitative estimate of drug-likeness (QED) is 0.937. The number of benzene rings is 1. The number of rotatable bonds is 4. The van der Waals surface area contributed by atoms with E-state index in [1.807, 2.05) is 12.1 Å². The van der Waals surface area contributed by atoms with E-state index in [0.29, 0.717) is 6.04 Å². The lowest BCUT2D eigenvalue weighted by Gasteiger charge is -2.24. The van der Waals surface area contributed by atoms with E-state index in [1.54, 1.807) is 7.11 Å². The zero-order chi connectivity index (χ0) is 14.8. The van der Waals surface area contributed by atoms with Gasteiger partial charge in [0.05, 0.1) is 30.9 Å². The van der Waals surface area contributed by atoms with E-state index < -0.39 is 0 Å². The number of nitrogens with zero attached hydrogens (tertiary/aromatic N) is 2. The number of fused-ring (bicyclic) bond motifs is 1. The van der Waals surface area contributed by atoms with Gasteiger partial charge in [0.1, 0.15) is 11.6 Å². The van der Waals surface area contributed by atoms with E-state index in [4.69, 9.17) is 14.5 Å². The van der Waals surface area contributed by atoms with Crippen LogP contribution in [-0.4, -0.2) is 42.5 Å². The van der Waals surface area contributed by atoms with E-state index in [0.717, 1.165) is 48.7 Å². The first-order valence-electron chi connectivity index (χ1n) is 7.56.